The minimum atomic E-state index is -0.0964. The number of carbonyl (C=O) groups excluding carboxylic acids is 1. The summed E-state index contributed by atoms with van der Waals surface area (Å²) in [6.07, 6.45) is 2.39. The Labute approximate surface area is 133 Å². The normalized spacial score (nSPS) is 34.6. The molecule has 3 unspecified atom stereocenters. The van der Waals surface area contributed by atoms with Gasteiger partial charge >= 0.3 is 0 Å². The molecule has 1 saturated heterocycles. The van der Waals surface area contributed by atoms with Gasteiger partial charge in [0.15, 0.2) is 5.96 Å². The average molecular weight is 310 g/mol. The van der Waals surface area contributed by atoms with E-state index in [1.807, 2.05) is 6.92 Å². The van der Waals surface area contributed by atoms with E-state index in [4.69, 9.17) is 4.74 Å². The Kier molecular flexibility index (Phi) is 5.00. The summed E-state index contributed by atoms with van der Waals surface area (Å²) in [5.41, 5.74) is -0.0560. The summed E-state index contributed by atoms with van der Waals surface area (Å²) in [5.74, 6) is 0.968. The van der Waals surface area contributed by atoms with Gasteiger partial charge in [-0.3, -0.25) is 9.79 Å². The Morgan fingerprint density at radius 1 is 1.41 bits per heavy atom. The fourth-order valence-electron chi connectivity index (χ4n) is 3.23. The summed E-state index contributed by atoms with van der Waals surface area (Å²) < 4.78 is 5.67. The Balaban J connectivity index is 1.93. The number of aliphatic imine (C=N–C) groups is 1. The molecule has 0 spiro atoms. The first-order valence-corrected chi connectivity index (χ1v) is 8.21. The molecule has 3 atom stereocenters. The van der Waals surface area contributed by atoms with E-state index in [0.29, 0.717) is 19.0 Å². The van der Waals surface area contributed by atoms with Gasteiger partial charge < -0.3 is 20.7 Å². The molecule has 0 aromatic rings. The minimum Gasteiger partial charge on any atom is -0.378 e. The van der Waals surface area contributed by atoms with E-state index in [0.717, 1.165) is 25.3 Å². The van der Waals surface area contributed by atoms with Gasteiger partial charge in [0.1, 0.15) is 0 Å². The van der Waals surface area contributed by atoms with Crippen molar-refractivity contribution in [2.24, 2.45) is 10.4 Å². The van der Waals surface area contributed by atoms with E-state index in [2.05, 4.69) is 41.7 Å². The summed E-state index contributed by atoms with van der Waals surface area (Å²) in [7, 11) is 1.78. The van der Waals surface area contributed by atoms with Gasteiger partial charge in [0.25, 0.3) is 0 Å². The van der Waals surface area contributed by atoms with Gasteiger partial charge in [-0.15, -0.1) is 0 Å². The molecular formula is C16H30N4O2. The summed E-state index contributed by atoms with van der Waals surface area (Å²) in [6, 6.07) is 0.570. The second-order valence-corrected chi connectivity index (χ2v) is 7.06. The zero-order chi connectivity index (χ0) is 16.4. The first-order valence-electron chi connectivity index (χ1n) is 8.21. The molecule has 0 aromatic carbocycles. The third-order valence-corrected chi connectivity index (χ3v) is 5.51. The maximum absolute atomic E-state index is 11.2. The van der Waals surface area contributed by atoms with Crippen molar-refractivity contribution in [3.63, 3.8) is 0 Å². The first kappa shape index (κ1) is 17.1. The summed E-state index contributed by atoms with van der Waals surface area (Å²) in [4.78, 5) is 15.8. The van der Waals surface area contributed by atoms with E-state index < -0.39 is 0 Å². The topological polar surface area (TPSA) is 74.8 Å². The molecule has 1 heterocycles. The number of methoxy groups -OCH3 is 1. The summed E-state index contributed by atoms with van der Waals surface area (Å²) in [5, 5.41) is 9.88. The molecule has 2 rings (SSSR count). The highest BCUT2D eigenvalue weighted by atomic mass is 16.5. The van der Waals surface area contributed by atoms with Crippen molar-refractivity contribution >= 4 is 11.9 Å². The number of hydrogen-bond donors (Lipinski definition) is 3. The number of nitrogens with one attached hydrogen (secondary N) is 3. The number of amides is 1. The third kappa shape index (κ3) is 3.21. The molecule has 1 aliphatic heterocycles. The number of rotatable bonds is 4. The Morgan fingerprint density at radius 3 is 2.64 bits per heavy atom. The lowest BCUT2D eigenvalue weighted by Gasteiger charge is -2.59. The fourth-order valence-corrected chi connectivity index (χ4v) is 3.23. The van der Waals surface area contributed by atoms with Gasteiger partial charge in [-0.25, -0.2) is 0 Å². The molecule has 6 heteroatoms. The number of piperidine rings is 1. The Hall–Kier alpha value is -1.30. The smallest absolute Gasteiger partial charge is 0.220 e. The molecule has 126 valence electrons. The lowest BCUT2D eigenvalue weighted by molar-refractivity contribution is -0.176. The maximum Gasteiger partial charge on any atom is 0.220 e. The zero-order valence-corrected chi connectivity index (χ0v) is 14.5. The van der Waals surface area contributed by atoms with Crippen LogP contribution in [0.5, 0.6) is 0 Å². The second kappa shape index (κ2) is 6.44. The lowest BCUT2D eigenvalue weighted by Crippen LogP contribution is -2.70. The van der Waals surface area contributed by atoms with E-state index in [9.17, 15) is 4.79 Å². The van der Waals surface area contributed by atoms with Gasteiger partial charge in [-0.05, 0) is 26.7 Å². The van der Waals surface area contributed by atoms with Crippen molar-refractivity contribution in [3.8, 4) is 0 Å². The van der Waals surface area contributed by atoms with Crippen LogP contribution in [0.3, 0.4) is 0 Å². The third-order valence-electron chi connectivity index (χ3n) is 5.51. The van der Waals surface area contributed by atoms with Gasteiger partial charge in [0, 0.05) is 44.1 Å². The molecule has 2 aliphatic rings. The maximum atomic E-state index is 11.2. The Bertz CT molecular complexity index is 439. The van der Waals surface area contributed by atoms with Crippen molar-refractivity contribution in [2.45, 2.75) is 64.6 Å². The Morgan fingerprint density at radius 2 is 2.14 bits per heavy atom. The molecule has 3 N–H and O–H groups in total. The number of ether oxygens (including phenoxy) is 1. The van der Waals surface area contributed by atoms with Crippen LogP contribution in [0.4, 0.5) is 0 Å². The van der Waals surface area contributed by atoms with Crippen molar-refractivity contribution in [2.75, 3.05) is 20.2 Å². The van der Waals surface area contributed by atoms with Gasteiger partial charge in [0.2, 0.25) is 5.91 Å². The quantitative estimate of drug-likeness (QED) is 0.535. The van der Waals surface area contributed by atoms with E-state index in [1.54, 1.807) is 7.11 Å². The fraction of sp³-hybridized carbons (Fsp3) is 0.875. The van der Waals surface area contributed by atoms with Crippen LogP contribution in [-0.2, 0) is 9.53 Å². The standard InChI is InChI=1S/C16H30N4O2/c1-6-17-14(19-11-7-8-13(21)18-10-11)20-12-9-16(4,22-5)15(12,2)3/h11-12H,6-10H2,1-5H3,(H,18,21)(H2,17,19,20). The highest BCUT2D eigenvalue weighted by Gasteiger charge is 2.58. The van der Waals surface area contributed by atoms with Crippen LogP contribution in [0.15, 0.2) is 4.99 Å². The second-order valence-electron chi connectivity index (χ2n) is 7.06. The molecule has 22 heavy (non-hydrogen) atoms. The van der Waals surface area contributed by atoms with E-state index >= 15 is 0 Å². The highest BCUT2D eigenvalue weighted by Crippen LogP contribution is 2.51. The predicted molar refractivity (Wildman–Crippen MR) is 87.9 cm³/mol. The van der Waals surface area contributed by atoms with Gasteiger partial charge in [-0.2, -0.15) is 0 Å². The van der Waals surface area contributed by atoms with E-state index in [-0.39, 0.29) is 23.0 Å². The lowest BCUT2D eigenvalue weighted by atomic mass is 9.56. The van der Waals surface area contributed by atoms with Gasteiger partial charge in [-0.1, -0.05) is 13.8 Å². The zero-order valence-electron chi connectivity index (χ0n) is 14.5. The van der Waals surface area contributed by atoms with Crippen LogP contribution in [0, 0.1) is 5.41 Å². The van der Waals surface area contributed by atoms with Crippen LogP contribution >= 0.6 is 0 Å². The number of nitrogens with zero attached hydrogens (tertiary/aromatic N) is 1. The largest absolute Gasteiger partial charge is 0.378 e. The highest BCUT2D eigenvalue weighted by molar-refractivity contribution is 5.81. The SMILES string of the molecule is CCN=C(NC1CCC(=O)NC1)NC1CC(C)(OC)C1(C)C. The molecule has 1 saturated carbocycles. The van der Waals surface area contributed by atoms with Crippen molar-refractivity contribution in [1.29, 1.82) is 0 Å². The van der Waals surface area contributed by atoms with Gasteiger partial charge in [0.05, 0.1) is 5.60 Å². The average Bonchev–Trinajstić information content (AvgIpc) is 2.49. The molecule has 1 amide bonds. The van der Waals surface area contributed by atoms with Crippen molar-refractivity contribution in [3.05, 3.63) is 0 Å². The first-order chi connectivity index (χ1) is 10.3. The predicted octanol–water partition coefficient (Wildman–Crippen LogP) is 1.02. The van der Waals surface area contributed by atoms with Crippen LogP contribution < -0.4 is 16.0 Å². The molecule has 0 aromatic heterocycles. The summed E-state index contributed by atoms with van der Waals surface area (Å²) in [6.45, 7) is 10.0. The molecular weight excluding hydrogens is 280 g/mol. The van der Waals surface area contributed by atoms with E-state index in [1.165, 1.54) is 0 Å². The number of carbonyl (C=O) groups is 1. The monoisotopic (exact) mass is 310 g/mol. The molecule has 1 aliphatic carbocycles. The summed E-state index contributed by atoms with van der Waals surface area (Å²) >= 11 is 0. The van der Waals surface area contributed by atoms with Crippen molar-refractivity contribution in [1.82, 2.24) is 16.0 Å². The van der Waals surface area contributed by atoms with Crippen LogP contribution in [-0.4, -0.2) is 49.8 Å². The van der Waals surface area contributed by atoms with Crippen LogP contribution in [0.2, 0.25) is 0 Å². The van der Waals surface area contributed by atoms with Crippen LogP contribution in [0.1, 0.15) is 47.0 Å². The van der Waals surface area contributed by atoms with Crippen molar-refractivity contribution < 1.29 is 9.53 Å². The number of guanidine groups is 1. The van der Waals surface area contributed by atoms with Crippen LogP contribution in [0.25, 0.3) is 0 Å². The molecule has 0 radical (unpaired) electrons. The number of hydrogen-bond acceptors (Lipinski definition) is 3. The molecule has 2 fully saturated rings. The minimum absolute atomic E-state index is 0.0404. The molecule has 0 bridgehead atoms. The molecule has 6 nitrogen and oxygen atoms in total.